The first-order valence-electron chi connectivity index (χ1n) is 6.13. The summed E-state index contributed by atoms with van der Waals surface area (Å²) in [5, 5.41) is 11.4. The molecule has 0 aromatic heterocycles. The highest BCUT2D eigenvalue weighted by molar-refractivity contribution is 9.10. The summed E-state index contributed by atoms with van der Waals surface area (Å²) in [6, 6.07) is 10.4. The van der Waals surface area contributed by atoms with Crippen molar-refractivity contribution in [1.82, 2.24) is 0 Å². The molecule has 0 radical (unpaired) electrons. The largest absolute Gasteiger partial charge is 0.488 e. The lowest BCUT2D eigenvalue weighted by atomic mass is 10.2. The van der Waals surface area contributed by atoms with Crippen molar-refractivity contribution in [2.45, 2.75) is 6.61 Å². The van der Waals surface area contributed by atoms with E-state index in [0.29, 0.717) is 32.4 Å². The van der Waals surface area contributed by atoms with Gasteiger partial charge in [-0.2, -0.15) is 0 Å². The number of nitro groups is 1. The summed E-state index contributed by atoms with van der Waals surface area (Å²) in [4.78, 5) is 9.79. The average Bonchev–Trinajstić information content (AvgIpc) is 2.45. The van der Waals surface area contributed by atoms with Gasteiger partial charge in [-0.15, -0.1) is 0 Å². The molecule has 0 heterocycles. The van der Waals surface area contributed by atoms with E-state index in [1.165, 1.54) is 6.08 Å². The number of rotatable bonds is 5. The molecule has 0 aliphatic heterocycles. The minimum Gasteiger partial charge on any atom is -0.488 e. The number of hydrogen-bond donors (Lipinski definition) is 0. The molecule has 22 heavy (non-hydrogen) atoms. The average molecular weight is 403 g/mol. The molecule has 0 N–H and O–H groups in total. The first-order valence-corrected chi connectivity index (χ1v) is 7.68. The van der Waals surface area contributed by atoms with Gasteiger partial charge in [0.25, 0.3) is 0 Å². The topological polar surface area (TPSA) is 52.4 Å². The Kier molecular flexibility index (Phi) is 5.83. The van der Waals surface area contributed by atoms with Crippen LogP contribution in [0.15, 0.2) is 47.1 Å². The van der Waals surface area contributed by atoms with E-state index < -0.39 is 4.92 Å². The second kappa shape index (κ2) is 7.63. The zero-order valence-corrected chi connectivity index (χ0v) is 14.2. The van der Waals surface area contributed by atoms with Gasteiger partial charge in [-0.3, -0.25) is 10.1 Å². The quantitative estimate of drug-likeness (QED) is 0.484. The Morgan fingerprint density at radius 1 is 1.23 bits per heavy atom. The highest BCUT2D eigenvalue weighted by atomic mass is 79.9. The molecule has 114 valence electrons. The molecule has 0 aliphatic carbocycles. The lowest BCUT2D eigenvalue weighted by molar-refractivity contribution is -0.400. The van der Waals surface area contributed by atoms with E-state index in [0.717, 1.165) is 11.8 Å². The van der Waals surface area contributed by atoms with Crippen molar-refractivity contribution < 1.29 is 9.66 Å². The Morgan fingerprint density at radius 3 is 2.64 bits per heavy atom. The van der Waals surface area contributed by atoms with E-state index in [9.17, 15) is 10.1 Å². The third-order valence-corrected chi connectivity index (χ3v) is 3.95. The molecule has 0 amide bonds. The van der Waals surface area contributed by atoms with Crippen molar-refractivity contribution in [1.29, 1.82) is 0 Å². The minimum atomic E-state index is -0.513. The Hall–Kier alpha value is -1.56. The number of nitrogens with zero attached hydrogens (tertiary/aromatic N) is 1. The fraction of sp³-hybridized carbons (Fsp3) is 0.0667. The molecular weight excluding hydrogens is 393 g/mol. The predicted octanol–water partition coefficient (Wildman–Crippen LogP) is 5.58. The van der Waals surface area contributed by atoms with Crippen LogP contribution in [-0.2, 0) is 6.61 Å². The minimum absolute atomic E-state index is 0.290. The summed E-state index contributed by atoms with van der Waals surface area (Å²) in [6.45, 7) is 0.290. The van der Waals surface area contributed by atoms with E-state index in [1.807, 2.05) is 0 Å². The van der Waals surface area contributed by atoms with Crippen LogP contribution in [-0.4, -0.2) is 4.92 Å². The fourth-order valence-corrected chi connectivity index (χ4v) is 2.65. The Labute approximate surface area is 145 Å². The van der Waals surface area contributed by atoms with Crippen LogP contribution < -0.4 is 4.74 Å². The highest BCUT2D eigenvalue weighted by Gasteiger charge is 2.06. The van der Waals surface area contributed by atoms with Gasteiger partial charge >= 0.3 is 0 Å². The zero-order valence-electron chi connectivity index (χ0n) is 11.1. The van der Waals surface area contributed by atoms with Crippen LogP contribution in [0.5, 0.6) is 5.75 Å². The van der Waals surface area contributed by atoms with E-state index in [1.54, 1.807) is 36.4 Å². The Balaban J connectivity index is 2.08. The van der Waals surface area contributed by atoms with Crippen molar-refractivity contribution in [3.05, 3.63) is 78.4 Å². The van der Waals surface area contributed by atoms with Gasteiger partial charge in [-0.05, 0) is 45.8 Å². The van der Waals surface area contributed by atoms with Gasteiger partial charge < -0.3 is 4.74 Å². The van der Waals surface area contributed by atoms with Gasteiger partial charge in [0.05, 0.1) is 9.40 Å². The van der Waals surface area contributed by atoms with E-state index >= 15 is 0 Å². The standard InChI is InChI=1S/C15H10BrCl2NO3/c16-13-7-10(5-6-19(20)21)1-4-15(13)22-9-11-2-3-12(17)8-14(11)18/h1-8H,9H2/b6-5-. The summed E-state index contributed by atoms with van der Waals surface area (Å²) >= 11 is 15.3. The summed E-state index contributed by atoms with van der Waals surface area (Å²) in [7, 11) is 0. The lowest BCUT2D eigenvalue weighted by Crippen LogP contribution is -1.97. The smallest absolute Gasteiger partial charge is 0.235 e. The maximum Gasteiger partial charge on any atom is 0.235 e. The summed E-state index contributed by atoms with van der Waals surface area (Å²) in [5.74, 6) is 0.615. The highest BCUT2D eigenvalue weighted by Crippen LogP contribution is 2.28. The molecular formula is C15H10BrCl2NO3. The van der Waals surface area contributed by atoms with Gasteiger partial charge in [0, 0.05) is 21.7 Å². The lowest BCUT2D eigenvalue weighted by Gasteiger charge is -2.10. The zero-order chi connectivity index (χ0) is 16.1. The predicted molar refractivity (Wildman–Crippen MR) is 91.0 cm³/mol. The first-order chi connectivity index (χ1) is 10.5. The van der Waals surface area contributed by atoms with Gasteiger partial charge in [0.2, 0.25) is 6.20 Å². The second-order valence-electron chi connectivity index (χ2n) is 4.32. The van der Waals surface area contributed by atoms with Crippen molar-refractivity contribution in [2.24, 2.45) is 0 Å². The second-order valence-corrected chi connectivity index (χ2v) is 6.01. The Bertz CT molecular complexity index is 735. The molecule has 0 saturated heterocycles. The summed E-state index contributed by atoms with van der Waals surface area (Å²) in [5.41, 5.74) is 1.51. The van der Waals surface area contributed by atoms with Crippen LogP contribution >= 0.6 is 39.1 Å². The molecule has 0 unspecified atom stereocenters. The van der Waals surface area contributed by atoms with Crippen LogP contribution in [0.25, 0.3) is 6.08 Å². The van der Waals surface area contributed by atoms with Crippen LogP contribution in [0, 0.1) is 10.1 Å². The molecule has 7 heteroatoms. The van der Waals surface area contributed by atoms with Crippen molar-refractivity contribution in [2.75, 3.05) is 0 Å². The van der Waals surface area contributed by atoms with Crippen LogP contribution in [0.2, 0.25) is 10.0 Å². The third kappa shape index (κ3) is 4.73. The number of halogens is 3. The van der Waals surface area contributed by atoms with Crippen LogP contribution in [0.3, 0.4) is 0 Å². The normalized spacial score (nSPS) is 10.9. The molecule has 0 spiro atoms. The van der Waals surface area contributed by atoms with Crippen LogP contribution in [0.4, 0.5) is 0 Å². The molecule has 2 aromatic carbocycles. The Morgan fingerprint density at radius 2 is 2.00 bits per heavy atom. The summed E-state index contributed by atoms with van der Waals surface area (Å²) in [6.07, 6.45) is 2.29. The molecule has 0 bridgehead atoms. The van der Waals surface area contributed by atoms with E-state index in [2.05, 4.69) is 15.9 Å². The van der Waals surface area contributed by atoms with Gasteiger partial charge in [0.15, 0.2) is 0 Å². The van der Waals surface area contributed by atoms with E-state index in [4.69, 9.17) is 27.9 Å². The molecule has 2 aromatic rings. The maximum atomic E-state index is 10.3. The number of ether oxygens (including phenoxy) is 1. The van der Waals surface area contributed by atoms with Gasteiger partial charge in [-0.25, -0.2) is 0 Å². The first kappa shape index (κ1) is 16.8. The molecule has 2 rings (SSSR count). The van der Waals surface area contributed by atoms with E-state index in [-0.39, 0.29) is 0 Å². The van der Waals surface area contributed by atoms with Gasteiger partial charge in [-0.1, -0.05) is 35.3 Å². The summed E-state index contributed by atoms with van der Waals surface area (Å²) < 4.78 is 6.39. The number of hydrogen-bond acceptors (Lipinski definition) is 3. The monoisotopic (exact) mass is 401 g/mol. The molecule has 0 aliphatic rings. The molecule has 0 saturated carbocycles. The third-order valence-electron chi connectivity index (χ3n) is 2.74. The van der Waals surface area contributed by atoms with Crippen molar-refractivity contribution >= 4 is 45.2 Å². The van der Waals surface area contributed by atoms with Crippen molar-refractivity contribution in [3.63, 3.8) is 0 Å². The number of benzene rings is 2. The fourth-order valence-electron chi connectivity index (χ4n) is 1.68. The van der Waals surface area contributed by atoms with Crippen LogP contribution in [0.1, 0.15) is 11.1 Å². The van der Waals surface area contributed by atoms with Crippen molar-refractivity contribution in [3.8, 4) is 5.75 Å². The molecule has 4 nitrogen and oxygen atoms in total. The SMILES string of the molecule is O=[N+]([O-])/C=C\c1ccc(OCc2ccc(Cl)cc2Cl)c(Br)c1. The van der Waals surface area contributed by atoms with Gasteiger partial charge in [0.1, 0.15) is 12.4 Å². The molecule has 0 atom stereocenters. The maximum absolute atomic E-state index is 10.3. The molecule has 0 fully saturated rings.